The van der Waals surface area contributed by atoms with Crippen LogP contribution in [0.3, 0.4) is 0 Å². The minimum absolute atomic E-state index is 0.800. The van der Waals surface area contributed by atoms with Crippen molar-refractivity contribution in [1.29, 1.82) is 0 Å². The average Bonchev–Trinajstić information content (AvgIpc) is 2.79. The summed E-state index contributed by atoms with van der Waals surface area (Å²) < 4.78 is 5.15. The summed E-state index contributed by atoms with van der Waals surface area (Å²) >= 11 is 5.66. The van der Waals surface area contributed by atoms with E-state index in [1.54, 1.807) is 0 Å². The summed E-state index contributed by atoms with van der Waals surface area (Å²) in [5.41, 5.74) is 0. The largest absolute Gasteiger partial charge is 0.354 e. The fraction of sp³-hybridized carbons (Fsp3) is 0.588. The van der Waals surface area contributed by atoms with Crippen LogP contribution >= 0.6 is 12.2 Å². The van der Waals surface area contributed by atoms with E-state index >= 15 is 0 Å². The highest BCUT2D eigenvalue weighted by Gasteiger charge is 2.20. The van der Waals surface area contributed by atoms with E-state index in [-0.39, 0.29) is 0 Å². The zero-order chi connectivity index (χ0) is 16.4. The number of hydrogen-bond acceptors (Lipinski definition) is 5. The smallest absolute Gasteiger partial charge is 0.199 e. The minimum Gasteiger partial charge on any atom is -0.354 e. The van der Waals surface area contributed by atoms with Crippen molar-refractivity contribution in [3.8, 4) is 0 Å². The molecule has 0 radical (unpaired) electrons. The minimum atomic E-state index is 0.800. The second-order valence-corrected chi connectivity index (χ2v) is 6.96. The SMILES string of the molecule is S=c1n(CN2CCN(c3ccccn3)CC2)nc2n1CCCCC2. The Morgan fingerprint density at radius 2 is 1.88 bits per heavy atom. The van der Waals surface area contributed by atoms with Gasteiger partial charge >= 0.3 is 0 Å². The van der Waals surface area contributed by atoms with Crippen LogP contribution < -0.4 is 4.90 Å². The maximum atomic E-state index is 5.66. The number of hydrogen-bond donors (Lipinski definition) is 0. The first-order valence-corrected chi connectivity index (χ1v) is 9.27. The molecule has 2 aliphatic heterocycles. The fourth-order valence-electron chi connectivity index (χ4n) is 3.57. The van der Waals surface area contributed by atoms with E-state index in [0.29, 0.717) is 0 Å². The van der Waals surface area contributed by atoms with Crippen LogP contribution in [0, 0.1) is 4.77 Å². The van der Waals surface area contributed by atoms with E-state index in [0.717, 1.165) is 56.4 Å². The van der Waals surface area contributed by atoms with Crippen molar-refractivity contribution in [1.82, 2.24) is 24.2 Å². The quantitative estimate of drug-likeness (QED) is 0.800. The van der Waals surface area contributed by atoms with Gasteiger partial charge in [0.2, 0.25) is 0 Å². The molecule has 2 aromatic heterocycles. The second kappa shape index (κ2) is 7.03. The number of piperazine rings is 1. The Balaban J connectivity index is 1.40. The van der Waals surface area contributed by atoms with E-state index < -0.39 is 0 Å². The van der Waals surface area contributed by atoms with Gasteiger partial charge in [0.15, 0.2) is 4.77 Å². The van der Waals surface area contributed by atoms with Crippen LogP contribution in [0.15, 0.2) is 24.4 Å². The van der Waals surface area contributed by atoms with Crippen LogP contribution in [0.4, 0.5) is 5.82 Å². The number of anilines is 1. The lowest BCUT2D eigenvalue weighted by Gasteiger charge is -2.35. The molecule has 1 saturated heterocycles. The lowest BCUT2D eigenvalue weighted by molar-refractivity contribution is 0.193. The maximum Gasteiger partial charge on any atom is 0.199 e. The molecular weight excluding hydrogens is 320 g/mol. The van der Waals surface area contributed by atoms with Gasteiger partial charge in [-0.1, -0.05) is 12.5 Å². The van der Waals surface area contributed by atoms with Crippen molar-refractivity contribution in [2.45, 2.75) is 38.9 Å². The zero-order valence-electron chi connectivity index (χ0n) is 14.0. The fourth-order valence-corrected chi connectivity index (χ4v) is 3.86. The van der Waals surface area contributed by atoms with Crippen LogP contribution in [0.25, 0.3) is 0 Å². The third-order valence-electron chi connectivity index (χ3n) is 4.96. The first-order valence-electron chi connectivity index (χ1n) is 8.86. The number of rotatable bonds is 3. The summed E-state index contributed by atoms with van der Waals surface area (Å²) in [6.45, 7) is 5.85. The molecule has 0 bridgehead atoms. The molecule has 4 rings (SSSR count). The third-order valence-corrected chi connectivity index (χ3v) is 5.39. The van der Waals surface area contributed by atoms with E-state index in [1.807, 2.05) is 23.0 Å². The van der Waals surface area contributed by atoms with Crippen molar-refractivity contribution in [3.05, 3.63) is 35.0 Å². The topological polar surface area (TPSA) is 42.1 Å². The molecular formula is C17H24N6S. The van der Waals surface area contributed by atoms with Gasteiger partial charge in [0, 0.05) is 45.3 Å². The Hall–Kier alpha value is -1.73. The Kier molecular flexibility index (Phi) is 4.62. The van der Waals surface area contributed by atoms with Gasteiger partial charge in [-0.15, -0.1) is 0 Å². The maximum absolute atomic E-state index is 5.66. The predicted octanol–water partition coefficient (Wildman–Crippen LogP) is 2.32. The molecule has 0 spiro atoms. The molecule has 0 amide bonds. The Labute approximate surface area is 147 Å². The number of nitrogens with zero attached hydrogens (tertiary/aromatic N) is 6. The third kappa shape index (κ3) is 3.23. The lowest BCUT2D eigenvalue weighted by Crippen LogP contribution is -2.47. The molecule has 7 heteroatoms. The van der Waals surface area contributed by atoms with Crippen LogP contribution in [0.1, 0.15) is 25.1 Å². The zero-order valence-corrected chi connectivity index (χ0v) is 14.8. The average molecular weight is 344 g/mol. The van der Waals surface area contributed by atoms with Crippen molar-refractivity contribution < 1.29 is 0 Å². The van der Waals surface area contributed by atoms with Gasteiger partial charge in [-0.05, 0) is 37.2 Å². The van der Waals surface area contributed by atoms with E-state index in [4.69, 9.17) is 17.3 Å². The normalized spacial score (nSPS) is 19.1. The molecule has 4 heterocycles. The van der Waals surface area contributed by atoms with Crippen molar-refractivity contribution in [2.24, 2.45) is 0 Å². The molecule has 6 nitrogen and oxygen atoms in total. The number of aryl methyl sites for hydroxylation is 1. The van der Waals surface area contributed by atoms with Gasteiger partial charge in [0.1, 0.15) is 11.6 Å². The lowest BCUT2D eigenvalue weighted by atomic mass is 10.2. The Bertz CT molecular complexity index is 729. The summed E-state index contributed by atoms with van der Waals surface area (Å²) in [6, 6.07) is 6.09. The van der Waals surface area contributed by atoms with Crippen molar-refractivity contribution >= 4 is 18.0 Å². The molecule has 0 atom stereocenters. The van der Waals surface area contributed by atoms with E-state index in [2.05, 4.69) is 25.4 Å². The molecule has 2 aliphatic rings. The second-order valence-electron chi connectivity index (χ2n) is 6.60. The Morgan fingerprint density at radius 3 is 2.67 bits per heavy atom. The highest BCUT2D eigenvalue weighted by molar-refractivity contribution is 7.71. The van der Waals surface area contributed by atoms with Crippen LogP contribution in [-0.4, -0.2) is 50.4 Å². The van der Waals surface area contributed by atoms with Crippen LogP contribution in [0.2, 0.25) is 0 Å². The molecule has 24 heavy (non-hydrogen) atoms. The van der Waals surface area contributed by atoms with Crippen LogP contribution in [-0.2, 0) is 19.6 Å². The number of pyridine rings is 1. The van der Waals surface area contributed by atoms with Crippen LogP contribution in [0.5, 0.6) is 0 Å². The molecule has 128 valence electrons. The van der Waals surface area contributed by atoms with Gasteiger partial charge in [0.25, 0.3) is 0 Å². The highest BCUT2D eigenvalue weighted by atomic mass is 32.1. The van der Waals surface area contributed by atoms with E-state index in [1.165, 1.54) is 25.1 Å². The molecule has 0 aromatic carbocycles. The number of aromatic nitrogens is 4. The van der Waals surface area contributed by atoms with Gasteiger partial charge in [-0.2, -0.15) is 5.10 Å². The monoisotopic (exact) mass is 344 g/mol. The highest BCUT2D eigenvalue weighted by Crippen LogP contribution is 2.16. The predicted molar refractivity (Wildman–Crippen MR) is 96.6 cm³/mol. The van der Waals surface area contributed by atoms with Gasteiger partial charge in [-0.3, -0.25) is 4.90 Å². The summed E-state index contributed by atoms with van der Waals surface area (Å²) in [5.74, 6) is 2.24. The molecule has 0 N–H and O–H groups in total. The molecule has 0 aliphatic carbocycles. The summed E-state index contributed by atoms with van der Waals surface area (Å²) in [5, 5.41) is 4.79. The Morgan fingerprint density at radius 1 is 1.00 bits per heavy atom. The first-order chi connectivity index (χ1) is 11.8. The molecule has 2 aromatic rings. The van der Waals surface area contributed by atoms with Gasteiger partial charge < -0.3 is 9.47 Å². The van der Waals surface area contributed by atoms with Gasteiger partial charge in [-0.25, -0.2) is 9.67 Å². The molecule has 0 unspecified atom stereocenters. The van der Waals surface area contributed by atoms with Crippen molar-refractivity contribution in [3.63, 3.8) is 0 Å². The molecule has 0 saturated carbocycles. The van der Waals surface area contributed by atoms with Gasteiger partial charge in [0.05, 0.1) is 6.67 Å². The first kappa shape index (κ1) is 15.8. The standard InChI is InChI=1S/C17H24N6S/c24-17-22-9-5-1-2-7-16(22)19-23(17)14-20-10-12-21(13-11-20)15-6-3-4-8-18-15/h3-4,6,8H,1-2,5,7,9-14H2. The summed E-state index contributed by atoms with van der Waals surface area (Å²) in [6.07, 6.45) is 6.65. The molecule has 1 fully saturated rings. The summed E-state index contributed by atoms with van der Waals surface area (Å²) in [7, 11) is 0. The van der Waals surface area contributed by atoms with Crippen molar-refractivity contribution in [2.75, 3.05) is 31.1 Å². The number of fused-ring (bicyclic) bond motifs is 1. The summed E-state index contributed by atoms with van der Waals surface area (Å²) in [4.78, 5) is 9.23. The van der Waals surface area contributed by atoms with E-state index in [9.17, 15) is 0 Å².